The van der Waals surface area contributed by atoms with E-state index in [4.69, 9.17) is 25.6 Å². The Bertz CT molecular complexity index is 526. The Morgan fingerprint density at radius 1 is 1.00 bits per heavy atom. The summed E-state index contributed by atoms with van der Waals surface area (Å²) in [6.07, 6.45) is 0. The van der Waals surface area contributed by atoms with Crippen LogP contribution in [0.2, 0.25) is 0 Å². The summed E-state index contributed by atoms with van der Waals surface area (Å²) in [6, 6.07) is 0. The maximum absolute atomic E-state index is 12.1. The lowest BCUT2D eigenvalue weighted by Gasteiger charge is -2.26. The molecule has 0 fully saturated rings. The molecule has 0 aliphatic carbocycles. The summed E-state index contributed by atoms with van der Waals surface area (Å²) in [7, 11) is -5.20. The Labute approximate surface area is 153 Å². The highest BCUT2D eigenvalue weighted by Crippen LogP contribution is 2.14. The zero-order chi connectivity index (χ0) is 18.6. The van der Waals surface area contributed by atoms with E-state index >= 15 is 0 Å². The van der Waals surface area contributed by atoms with E-state index in [1.54, 1.807) is 23.6 Å². The molecule has 8 nitrogen and oxygen atoms in total. The molecule has 0 radical (unpaired) electrons. The predicted octanol–water partition coefficient (Wildman–Crippen LogP) is -0.729. The van der Waals surface area contributed by atoms with Gasteiger partial charge < -0.3 is 10.2 Å². The highest BCUT2D eigenvalue weighted by Gasteiger charge is 2.17. The zero-order valence-electron chi connectivity index (χ0n) is 14.1. The highest BCUT2D eigenvalue weighted by molar-refractivity contribution is 8.72. The van der Waals surface area contributed by atoms with Crippen LogP contribution >= 0.6 is 10.8 Å². The van der Waals surface area contributed by atoms with Crippen molar-refractivity contribution in [1.29, 1.82) is 0 Å². The van der Waals surface area contributed by atoms with Crippen LogP contribution in [0.3, 0.4) is 0 Å². The van der Waals surface area contributed by atoms with Gasteiger partial charge in [-0.05, 0) is 17.7 Å². The van der Waals surface area contributed by atoms with Crippen molar-refractivity contribution >= 4 is 39.6 Å². The van der Waals surface area contributed by atoms with Gasteiger partial charge in [-0.25, -0.2) is 12.6 Å². The normalized spacial score (nSPS) is 15.1. The van der Waals surface area contributed by atoms with E-state index in [9.17, 15) is 12.6 Å². The Kier molecular flexibility index (Phi) is 13.0. The van der Waals surface area contributed by atoms with Crippen LogP contribution in [-0.2, 0) is 33.0 Å². The summed E-state index contributed by atoms with van der Waals surface area (Å²) in [5.74, 6) is 0.302. The summed E-state index contributed by atoms with van der Waals surface area (Å²) >= 11 is 4.93. The van der Waals surface area contributed by atoms with Crippen molar-refractivity contribution in [3.05, 3.63) is 0 Å². The zero-order valence-corrected chi connectivity index (χ0v) is 17.4. The Hall–Kier alpha value is 0.470. The number of hydrogen-bond acceptors (Lipinski definition) is 10. The van der Waals surface area contributed by atoms with Gasteiger partial charge in [0.25, 0.3) is 0 Å². The molecule has 1 atom stereocenters. The molecule has 0 aliphatic heterocycles. The third-order valence-corrected chi connectivity index (χ3v) is 8.49. The van der Waals surface area contributed by atoms with Gasteiger partial charge in [0, 0.05) is 37.4 Å². The standard InChI is InChI=1S/C12H28N2O6S4/c1-3-20-24(19,21)12-14(8-10-16)6-5-13(7-9-15)11-22-23(17,18)4-2/h15-16H,3-12H2,1-2H3. The molecule has 146 valence electrons. The van der Waals surface area contributed by atoms with Crippen molar-refractivity contribution in [2.75, 3.05) is 63.5 Å². The molecule has 0 bridgehead atoms. The van der Waals surface area contributed by atoms with Crippen molar-refractivity contribution in [3.63, 3.8) is 0 Å². The van der Waals surface area contributed by atoms with Crippen LogP contribution in [0.5, 0.6) is 0 Å². The van der Waals surface area contributed by atoms with Crippen LogP contribution in [0.1, 0.15) is 13.8 Å². The van der Waals surface area contributed by atoms with E-state index in [1.165, 1.54) is 0 Å². The quantitative estimate of drug-likeness (QED) is 0.258. The lowest BCUT2D eigenvalue weighted by molar-refractivity contribution is 0.173. The van der Waals surface area contributed by atoms with E-state index < -0.39 is 17.6 Å². The molecule has 0 spiro atoms. The molecule has 0 aromatic carbocycles. The number of aliphatic hydroxyl groups excluding tert-OH is 2. The van der Waals surface area contributed by atoms with E-state index in [0.29, 0.717) is 19.6 Å². The lowest BCUT2D eigenvalue weighted by atomic mass is 10.4. The summed E-state index contributed by atoms with van der Waals surface area (Å²) in [6.45, 7) is 4.81. The number of rotatable bonds is 15. The second kappa shape index (κ2) is 12.8. The van der Waals surface area contributed by atoms with Gasteiger partial charge in [0.15, 0.2) is 8.77 Å². The van der Waals surface area contributed by atoms with Gasteiger partial charge in [-0.15, -0.1) is 0 Å². The monoisotopic (exact) mass is 424 g/mol. The van der Waals surface area contributed by atoms with Crippen LogP contribution in [0, 0.1) is 0 Å². The lowest BCUT2D eigenvalue weighted by Crippen LogP contribution is -2.40. The molecule has 0 aromatic rings. The molecule has 0 rings (SSSR count). The molecule has 0 amide bonds. The molecule has 0 saturated heterocycles. The van der Waals surface area contributed by atoms with Gasteiger partial charge in [-0.3, -0.25) is 14.0 Å². The minimum Gasteiger partial charge on any atom is -0.395 e. The van der Waals surface area contributed by atoms with Crippen LogP contribution in [0.15, 0.2) is 0 Å². The largest absolute Gasteiger partial charge is 0.395 e. The van der Waals surface area contributed by atoms with Gasteiger partial charge in [0.1, 0.15) is 5.88 Å². The van der Waals surface area contributed by atoms with Gasteiger partial charge in [-0.2, -0.15) is 0 Å². The number of hydrogen-bond donors (Lipinski definition) is 2. The van der Waals surface area contributed by atoms with Gasteiger partial charge in [-0.1, -0.05) is 6.92 Å². The first-order chi connectivity index (χ1) is 11.2. The fourth-order valence-corrected chi connectivity index (χ4v) is 5.76. The van der Waals surface area contributed by atoms with Crippen molar-refractivity contribution in [1.82, 2.24) is 9.80 Å². The van der Waals surface area contributed by atoms with Crippen molar-refractivity contribution in [2.24, 2.45) is 0 Å². The molecule has 0 aromatic heterocycles. The molecular weight excluding hydrogens is 396 g/mol. The third kappa shape index (κ3) is 11.9. The smallest absolute Gasteiger partial charge is 0.202 e. The maximum Gasteiger partial charge on any atom is 0.202 e. The van der Waals surface area contributed by atoms with Gasteiger partial charge in [0.2, 0.25) is 8.87 Å². The summed E-state index contributed by atoms with van der Waals surface area (Å²) in [4.78, 5) is 3.50. The fourth-order valence-electron chi connectivity index (χ4n) is 1.73. The predicted molar refractivity (Wildman–Crippen MR) is 101 cm³/mol. The first-order valence-electron chi connectivity index (χ1n) is 7.60. The molecular formula is C12H28N2O6S4. The average Bonchev–Trinajstić information content (AvgIpc) is 2.49. The topological polar surface area (TPSA) is 107 Å². The number of nitrogens with zero attached hydrogens (tertiary/aromatic N) is 2. The van der Waals surface area contributed by atoms with Crippen LogP contribution < -0.4 is 0 Å². The maximum atomic E-state index is 12.1. The van der Waals surface area contributed by atoms with E-state index in [-0.39, 0.29) is 43.9 Å². The SMILES string of the molecule is CCOS(=O)(=S)CN(CCO)CCN(CCO)CSS(=O)(=O)CC. The molecule has 1 unspecified atom stereocenters. The molecule has 24 heavy (non-hydrogen) atoms. The Balaban J connectivity index is 4.64. The molecule has 2 N–H and O–H groups in total. The first kappa shape index (κ1) is 24.5. The summed E-state index contributed by atoms with van der Waals surface area (Å²) in [5.41, 5.74) is 0. The number of aliphatic hydroxyl groups is 2. The summed E-state index contributed by atoms with van der Waals surface area (Å²) < 4.78 is 40.3. The second-order valence-electron chi connectivity index (χ2n) is 4.87. The summed E-state index contributed by atoms with van der Waals surface area (Å²) in [5, 5.41) is 18.2. The Morgan fingerprint density at radius 2 is 1.54 bits per heavy atom. The van der Waals surface area contributed by atoms with Gasteiger partial charge in [0.05, 0.1) is 31.5 Å². The minimum atomic E-state index is -3.16. The van der Waals surface area contributed by atoms with Crippen molar-refractivity contribution in [2.45, 2.75) is 13.8 Å². The Morgan fingerprint density at radius 3 is 2.04 bits per heavy atom. The van der Waals surface area contributed by atoms with E-state index in [0.717, 1.165) is 10.8 Å². The highest BCUT2D eigenvalue weighted by atomic mass is 33.1. The molecule has 12 heteroatoms. The molecule has 0 heterocycles. The van der Waals surface area contributed by atoms with Gasteiger partial charge >= 0.3 is 0 Å². The van der Waals surface area contributed by atoms with E-state index in [1.807, 2.05) is 0 Å². The average molecular weight is 425 g/mol. The fraction of sp³-hybridized carbons (Fsp3) is 1.00. The van der Waals surface area contributed by atoms with Crippen LogP contribution in [-0.4, -0.2) is 96.1 Å². The molecule has 0 aliphatic rings. The van der Waals surface area contributed by atoms with Crippen LogP contribution in [0.4, 0.5) is 0 Å². The van der Waals surface area contributed by atoms with Crippen molar-refractivity contribution < 1.29 is 27.0 Å². The first-order valence-corrected chi connectivity index (χ1v) is 13.3. The second-order valence-corrected chi connectivity index (χ2v) is 12.4. The van der Waals surface area contributed by atoms with Crippen LogP contribution in [0.25, 0.3) is 0 Å². The van der Waals surface area contributed by atoms with Crippen molar-refractivity contribution in [3.8, 4) is 0 Å². The van der Waals surface area contributed by atoms with E-state index in [2.05, 4.69) is 0 Å². The third-order valence-electron chi connectivity index (χ3n) is 2.97. The molecule has 0 saturated carbocycles. The minimum absolute atomic E-state index is 0.0180.